The molecule has 0 bridgehead atoms. The third-order valence-corrected chi connectivity index (χ3v) is 8.11. The van der Waals surface area contributed by atoms with Crippen LogP contribution in [0.4, 0.5) is 0 Å². The maximum Gasteiger partial charge on any atom is 0.338 e. The summed E-state index contributed by atoms with van der Waals surface area (Å²) in [4.78, 5) is 25.0. The van der Waals surface area contributed by atoms with Crippen molar-refractivity contribution in [1.82, 2.24) is 4.57 Å². The predicted octanol–water partition coefficient (Wildman–Crippen LogP) is 4.83. The zero-order valence-corrected chi connectivity index (χ0v) is 18.9. The van der Waals surface area contributed by atoms with E-state index in [-0.39, 0.29) is 18.4 Å². The number of methoxy groups -OCH3 is 1. The van der Waals surface area contributed by atoms with Crippen LogP contribution in [0.25, 0.3) is 0 Å². The second kappa shape index (κ2) is 9.87. The van der Waals surface area contributed by atoms with Crippen LogP contribution >= 0.6 is 23.5 Å². The van der Waals surface area contributed by atoms with Gasteiger partial charge in [0.15, 0.2) is 6.61 Å². The zero-order valence-electron chi connectivity index (χ0n) is 17.3. The van der Waals surface area contributed by atoms with Gasteiger partial charge < -0.3 is 14.0 Å². The van der Waals surface area contributed by atoms with Crippen molar-refractivity contribution in [2.75, 3.05) is 31.8 Å². The van der Waals surface area contributed by atoms with Gasteiger partial charge in [0.25, 0.3) is 0 Å². The van der Waals surface area contributed by atoms with Crippen LogP contribution in [0.1, 0.15) is 55.2 Å². The van der Waals surface area contributed by atoms with Crippen molar-refractivity contribution in [2.45, 2.75) is 31.4 Å². The molecule has 156 valence electrons. The summed E-state index contributed by atoms with van der Waals surface area (Å²) in [6, 6.07) is 9.47. The Morgan fingerprint density at radius 1 is 1.17 bits per heavy atom. The molecule has 0 amide bonds. The molecule has 1 aliphatic rings. The van der Waals surface area contributed by atoms with Crippen LogP contribution in [0.5, 0.6) is 0 Å². The molecule has 2 aromatic rings. The van der Waals surface area contributed by atoms with Crippen LogP contribution in [0.2, 0.25) is 0 Å². The fourth-order valence-electron chi connectivity index (χ4n) is 3.67. The third kappa shape index (κ3) is 5.08. The number of aryl methyl sites for hydroxylation is 1. The van der Waals surface area contributed by atoms with E-state index in [1.54, 1.807) is 19.2 Å². The van der Waals surface area contributed by atoms with Crippen molar-refractivity contribution in [1.29, 1.82) is 0 Å². The Kier molecular flexibility index (Phi) is 7.49. The van der Waals surface area contributed by atoms with Crippen LogP contribution in [0.3, 0.4) is 0 Å². The van der Waals surface area contributed by atoms with Crippen LogP contribution in [0.15, 0.2) is 30.3 Å². The van der Waals surface area contributed by atoms with Crippen LogP contribution in [-0.4, -0.2) is 48.1 Å². The molecule has 0 aliphatic carbocycles. The van der Waals surface area contributed by atoms with E-state index >= 15 is 0 Å². The summed E-state index contributed by atoms with van der Waals surface area (Å²) < 4.78 is 13.0. The molecule has 0 saturated carbocycles. The molecule has 1 aromatic carbocycles. The minimum absolute atomic E-state index is 0.124. The Balaban J connectivity index is 1.61. The molecule has 0 N–H and O–H groups in total. The molecule has 1 fully saturated rings. The van der Waals surface area contributed by atoms with E-state index in [4.69, 9.17) is 9.47 Å². The first-order valence-corrected chi connectivity index (χ1v) is 11.7. The van der Waals surface area contributed by atoms with Gasteiger partial charge in [-0.3, -0.25) is 4.79 Å². The van der Waals surface area contributed by atoms with E-state index in [0.29, 0.717) is 22.3 Å². The maximum atomic E-state index is 12.6. The summed E-state index contributed by atoms with van der Waals surface area (Å²) in [6.45, 7) is 6.21. The Morgan fingerprint density at radius 2 is 1.83 bits per heavy atom. The number of thioether (sulfide) groups is 2. The lowest BCUT2D eigenvalue weighted by Gasteiger charge is -2.17. The summed E-state index contributed by atoms with van der Waals surface area (Å²) >= 11 is 3.85. The van der Waals surface area contributed by atoms with Gasteiger partial charge in [-0.25, -0.2) is 4.79 Å². The molecule has 1 aromatic heterocycles. The molecular formula is C22H27NO4S2. The van der Waals surface area contributed by atoms with Gasteiger partial charge in [-0.15, -0.1) is 23.5 Å². The van der Waals surface area contributed by atoms with Crippen molar-refractivity contribution in [2.24, 2.45) is 0 Å². The predicted molar refractivity (Wildman–Crippen MR) is 119 cm³/mol. The van der Waals surface area contributed by atoms with Crippen LogP contribution in [-0.2, 0) is 9.47 Å². The number of hydrogen-bond donors (Lipinski definition) is 0. The van der Waals surface area contributed by atoms with Crippen LogP contribution in [0, 0.1) is 13.8 Å². The van der Waals surface area contributed by atoms with Crippen LogP contribution < -0.4 is 0 Å². The summed E-state index contributed by atoms with van der Waals surface area (Å²) in [7, 11) is 1.66. The average Bonchev–Trinajstić information content (AvgIpc) is 3.34. The van der Waals surface area contributed by atoms with Gasteiger partial charge in [0.05, 0.1) is 22.8 Å². The van der Waals surface area contributed by atoms with Crippen molar-refractivity contribution in [3.05, 3.63) is 58.4 Å². The summed E-state index contributed by atoms with van der Waals surface area (Å²) in [5.41, 5.74) is 4.12. The Bertz CT molecular complexity index is 870. The average molecular weight is 434 g/mol. The summed E-state index contributed by atoms with van der Waals surface area (Å²) in [5.74, 6) is 1.65. The highest BCUT2D eigenvalue weighted by molar-refractivity contribution is 8.19. The Hall–Kier alpha value is -1.70. The number of benzene rings is 1. The molecular weight excluding hydrogens is 406 g/mol. The monoisotopic (exact) mass is 433 g/mol. The first kappa shape index (κ1) is 22.0. The number of aromatic nitrogens is 1. The fraction of sp³-hybridized carbons (Fsp3) is 0.455. The lowest BCUT2D eigenvalue weighted by Crippen LogP contribution is -2.17. The molecule has 1 saturated heterocycles. The Morgan fingerprint density at radius 3 is 2.45 bits per heavy atom. The highest BCUT2D eigenvalue weighted by atomic mass is 32.2. The van der Waals surface area contributed by atoms with Gasteiger partial charge in [0, 0.05) is 35.6 Å². The van der Waals surface area contributed by atoms with E-state index in [1.165, 1.54) is 5.56 Å². The Labute approximate surface area is 180 Å². The maximum absolute atomic E-state index is 12.6. The molecule has 1 atom stereocenters. The number of ether oxygens (including phenoxy) is 2. The van der Waals surface area contributed by atoms with Gasteiger partial charge in [-0.05, 0) is 44.5 Å². The SMILES string of the molecule is COCC(C)n1c(C)cc(C(=O)COC(=O)c2ccc(C3SCCS3)cc2)c1C. The molecule has 3 rings (SSSR count). The third-order valence-electron chi connectivity index (χ3n) is 5.01. The van der Waals surface area contributed by atoms with E-state index in [2.05, 4.69) is 4.57 Å². The molecule has 1 unspecified atom stereocenters. The molecule has 5 nitrogen and oxygen atoms in total. The number of hydrogen-bond acceptors (Lipinski definition) is 6. The van der Waals surface area contributed by atoms with Crippen molar-refractivity contribution in [3.8, 4) is 0 Å². The largest absolute Gasteiger partial charge is 0.454 e. The quantitative estimate of drug-likeness (QED) is 0.439. The van der Waals surface area contributed by atoms with E-state index in [1.807, 2.05) is 62.5 Å². The van der Waals surface area contributed by atoms with Crippen molar-refractivity contribution >= 4 is 35.3 Å². The molecule has 2 heterocycles. The van der Waals surface area contributed by atoms with Gasteiger partial charge in [0.1, 0.15) is 0 Å². The molecule has 1 aliphatic heterocycles. The standard InChI is InChI=1S/C22H27NO4S2/c1-14-11-19(16(3)23(14)15(2)12-26-4)20(24)13-27-21(25)17-5-7-18(8-6-17)22-28-9-10-29-22/h5-8,11,15,22H,9-10,12-13H2,1-4H3. The van der Waals surface area contributed by atoms with E-state index in [9.17, 15) is 9.59 Å². The normalized spacial score (nSPS) is 15.4. The van der Waals surface area contributed by atoms with Crippen molar-refractivity contribution < 1.29 is 19.1 Å². The number of carbonyl (C=O) groups is 2. The number of ketones is 1. The van der Waals surface area contributed by atoms with Gasteiger partial charge in [-0.1, -0.05) is 12.1 Å². The number of rotatable bonds is 8. The second-order valence-corrected chi connectivity index (χ2v) is 9.88. The first-order valence-electron chi connectivity index (χ1n) is 9.63. The zero-order chi connectivity index (χ0) is 21.0. The lowest BCUT2D eigenvalue weighted by molar-refractivity contribution is 0.0474. The minimum atomic E-state index is -0.474. The smallest absolute Gasteiger partial charge is 0.338 e. The van der Waals surface area contributed by atoms with Crippen molar-refractivity contribution in [3.63, 3.8) is 0 Å². The molecule has 7 heteroatoms. The fourth-order valence-corrected chi connectivity index (χ4v) is 6.53. The first-order chi connectivity index (χ1) is 13.9. The molecule has 0 radical (unpaired) electrons. The number of Topliss-reactive ketones (excluding diaryl/α,β-unsaturated/α-hetero) is 1. The molecule has 29 heavy (non-hydrogen) atoms. The van der Waals surface area contributed by atoms with Gasteiger partial charge in [-0.2, -0.15) is 0 Å². The highest BCUT2D eigenvalue weighted by Crippen LogP contribution is 2.45. The number of esters is 1. The molecule has 0 spiro atoms. The number of carbonyl (C=O) groups excluding carboxylic acids is 2. The van der Waals surface area contributed by atoms with E-state index < -0.39 is 5.97 Å². The lowest BCUT2D eigenvalue weighted by atomic mass is 10.1. The second-order valence-electron chi connectivity index (χ2n) is 7.15. The van der Waals surface area contributed by atoms with E-state index in [0.717, 1.165) is 22.9 Å². The van der Waals surface area contributed by atoms with Gasteiger partial charge >= 0.3 is 5.97 Å². The van der Waals surface area contributed by atoms with Gasteiger partial charge in [0.2, 0.25) is 5.78 Å². The number of nitrogens with zero attached hydrogens (tertiary/aromatic N) is 1. The minimum Gasteiger partial charge on any atom is -0.454 e. The highest BCUT2D eigenvalue weighted by Gasteiger charge is 2.21. The topological polar surface area (TPSA) is 57.5 Å². The summed E-state index contributed by atoms with van der Waals surface area (Å²) in [5, 5.41) is 0. The summed E-state index contributed by atoms with van der Waals surface area (Å²) in [6.07, 6.45) is 0.